The smallest absolute Gasteiger partial charge is 0.227 e. The van der Waals surface area contributed by atoms with Crippen LogP contribution < -0.4 is 20.3 Å². The van der Waals surface area contributed by atoms with E-state index in [0.717, 1.165) is 49.5 Å². The van der Waals surface area contributed by atoms with E-state index in [2.05, 4.69) is 16.7 Å². The molecule has 1 amide bonds. The zero-order valence-corrected chi connectivity index (χ0v) is 17.1. The Kier molecular flexibility index (Phi) is 7.25. The van der Waals surface area contributed by atoms with Gasteiger partial charge in [0.25, 0.3) is 0 Å². The molecule has 6 heteroatoms. The van der Waals surface area contributed by atoms with Crippen LogP contribution in [0.4, 0.5) is 11.4 Å². The molecule has 0 bridgehead atoms. The van der Waals surface area contributed by atoms with Crippen LogP contribution in [0.5, 0.6) is 5.75 Å². The summed E-state index contributed by atoms with van der Waals surface area (Å²) in [5.74, 6) is 1.16. The molecule has 2 aromatic rings. The van der Waals surface area contributed by atoms with E-state index < -0.39 is 0 Å². The van der Waals surface area contributed by atoms with Crippen LogP contribution in [0.1, 0.15) is 31.7 Å². The van der Waals surface area contributed by atoms with Gasteiger partial charge in [-0.3, -0.25) is 4.79 Å². The number of hydrogen-bond donors (Lipinski definition) is 2. The molecule has 1 aliphatic rings. The highest BCUT2D eigenvalue weighted by Crippen LogP contribution is 2.23. The van der Waals surface area contributed by atoms with Gasteiger partial charge in [0, 0.05) is 30.9 Å². The largest absolute Gasteiger partial charge is 0.494 e. The first-order valence-corrected chi connectivity index (χ1v) is 10.2. The Bertz CT molecular complexity index is 808. The minimum Gasteiger partial charge on any atom is -0.494 e. The molecule has 0 atom stereocenters. The molecule has 0 aliphatic carbocycles. The Morgan fingerprint density at radius 2 is 1.96 bits per heavy atom. The third kappa shape index (κ3) is 5.45. The normalized spacial score (nSPS) is 13.5. The summed E-state index contributed by atoms with van der Waals surface area (Å²) in [6.45, 7) is 4.26. The van der Waals surface area contributed by atoms with Crippen LogP contribution in [0.3, 0.4) is 0 Å². The summed E-state index contributed by atoms with van der Waals surface area (Å²) in [6, 6.07) is 16.0. The maximum absolute atomic E-state index is 11.8. The van der Waals surface area contributed by atoms with Gasteiger partial charge in [-0.15, -0.1) is 0 Å². The minimum atomic E-state index is 0.198. The highest BCUT2D eigenvalue weighted by molar-refractivity contribution is 7.80. The number of ether oxygens (including phenoxy) is 1. The fourth-order valence-corrected chi connectivity index (χ4v) is 3.53. The van der Waals surface area contributed by atoms with E-state index in [-0.39, 0.29) is 5.91 Å². The second kappa shape index (κ2) is 10.1. The molecule has 1 fully saturated rings. The van der Waals surface area contributed by atoms with Crippen LogP contribution in [-0.4, -0.2) is 30.7 Å². The van der Waals surface area contributed by atoms with Gasteiger partial charge in [-0.1, -0.05) is 18.2 Å². The molecule has 5 nitrogen and oxygen atoms in total. The van der Waals surface area contributed by atoms with Gasteiger partial charge < -0.3 is 20.3 Å². The molecule has 1 aliphatic heterocycles. The number of benzene rings is 2. The molecule has 0 unspecified atom stereocenters. The quantitative estimate of drug-likeness (QED) is 0.518. The molecule has 148 valence electrons. The molecule has 3 rings (SSSR count). The van der Waals surface area contributed by atoms with Crippen molar-refractivity contribution >= 4 is 34.6 Å². The maximum Gasteiger partial charge on any atom is 0.227 e. The van der Waals surface area contributed by atoms with Crippen molar-refractivity contribution in [2.75, 3.05) is 29.9 Å². The first kappa shape index (κ1) is 20.1. The number of hydrogen-bond acceptors (Lipinski definition) is 3. The van der Waals surface area contributed by atoms with Crippen molar-refractivity contribution in [1.82, 2.24) is 5.32 Å². The van der Waals surface area contributed by atoms with Crippen LogP contribution in [-0.2, 0) is 11.2 Å². The number of aryl methyl sites for hydroxylation is 1. The van der Waals surface area contributed by atoms with E-state index in [1.54, 1.807) is 0 Å². The van der Waals surface area contributed by atoms with Crippen molar-refractivity contribution in [1.29, 1.82) is 0 Å². The van der Waals surface area contributed by atoms with E-state index in [9.17, 15) is 4.79 Å². The topological polar surface area (TPSA) is 53.6 Å². The summed E-state index contributed by atoms with van der Waals surface area (Å²) >= 11 is 5.38. The van der Waals surface area contributed by atoms with Gasteiger partial charge in [0.15, 0.2) is 5.11 Å². The number of anilines is 2. The Morgan fingerprint density at radius 3 is 2.68 bits per heavy atom. The van der Waals surface area contributed by atoms with Gasteiger partial charge in [0.1, 0.15) is 5.75 Å². The molecular formula is C22H27N3O2S. The van der Waals surface area contributed by atoms with Crippen LogP contribution in [0, 0.1) is 0 Å². The molecule has 1 heterocycles. The number of thiocarbonyl (C=S) groups is 1. The molecule has 0 saturated carbocycles. The fourth-order valence-electron chi connectivity index (χ4n) is 3.31. The van der Waals surface area contributed by atoms with E-state index in [1.807, 2.05) is 54.3 Å². The summed E-state index contributed by atoms with van der Waals surface area (Å²) < 4.78 is 5.66. The number of carbonyl (C=O) groups is 1. The Balaban J connectivity index is 1.41. The number of amides is 1. The molecule has 0 aromatic heterocycles. The second-order valence-corrected chi connectivity index (χ2v) is 7.13. The van der Waals surface area contributed by atoms with E-state index in [0.29, 0.717) is 18.1 Å². The van der Waals surface area contributed by atoms with Gasteiger partial charge >= 0.3 is 0 Å². The Morgan fingerprint density at radius 1 is 1.18 bits per heavy atom. The van der Waals surface area contributed by atoms with Crippen molar-refractivity contribution in [3.05, 3.63) is 54.1 Å². The van der Waals surface area contributed by atoms with Crippen LogP contribution in [0.25, 0.3) is 0 Å². The lowest BCUT2D eigenvalue weighted by Crippen LogP contribution is -2.29. The molecule has 2 aromatic carbocycles. The lowest BCUT2D eigenvalue weighted by atomic mass is 10.1. The summed E-state index contributed by atoms with van der Waals surface area (Å²) in [4.78, 5) is 13.6. The summed E-state index contributed by atoms with van der Waals surface area (Å²) in [5.41, 5.74) is 3.08. The average Bonchev–Trinajstić information content (AvgIpc) is 3.13. The van der Waals surface area contributed by atoms with Crippen molar-refractivity contribution in [3.63, 3.8) is 0 Å². The van der Waals surface area contributed by atoms with Crippen LogP contribution in [0.2, 0.25) is 0 Å². The van der Waals surface area contributed by atoms with E-state index in [1.165, 1.54) is 5.56 Å². The molecule has 28 heavy (non-hydrogen) atoms. The highest BCUT2D eigenvalue weighted by atomic mass is 32.1. The first-order chi connectivity index (χ1) is 13.7. The Labute approximate surface area is 172 Å². The standard InChI is InChI=1S/C22H27N3O2S/c1-2-27-20-9-4-3-7-17(20)8-5-15-23-22(28)24-18-11-13-19(14-12-18)25-16-6-10-21(25)26/h3-4,7,9,11-14H,2,5-6,8,10,15-16H2,1H3,(H2,23,24,28). The summed E-state index contributed by atoms with van der Waals surface area (Å²) in [6.07, 6.45) is 3.47. The predicted molar refractivity (Wildman–Crippen MR) is 118 cm³/mol. The van der Waals surface area contributed by atoms with Gasteiger partial charge in [0.2, 0.25) is 5.91 Å². The number of nitrogens with one attached hydrogen (secondary N) is 2. The number of rotatable bonds is 8. The number of carbonyl (C=O) groups excluding carboxylic acids is 1. The molecule has 0 spiro atoms. The minimum absolute atomic E-state index is 0.198. The third-order valence-corrected chi connectivity index (χ3v) is 4.94. The van der Waals surface area contributed by atoms with Gasteiger partial charge in [-0.05, 0) is 74.3 Å². The Hall–Kier alpha value is -2.60. The molecule has 1 saturated heterocycles. The van der Waals surface area contributed by atoms with Crippen LogP contribution >= 0.6 is 12.2 Å². The molecule has 0 radical (unpaired) electrons. The van der Waals surface area contributed by atoms with E-state index >= 15 is 0 Å². The average molecular weight is 398 g/mol. The SMILES string of the molecule is CCOc1ccccc1CCCNC(=S)Nc1ccc(N2CCCC2=O)cc1. The zero-order chi connectivity index (χ0) is 19.8. The predicted octanol–water partition coefficient (Wildman–Crippen LogP) is 4.13. The van der Waals surface area contributed by atoms with Crippen LogP contribution in [0.15, 0.2) is 48.5 Å². The third-order valence-electron chi connectivity index (χ3n) is 4.69. The highest BCUT2D eigenvalue weighted by Gasteiger charge is 2.21. The molecular weight excluding hydrogens is 370 g/mol. The van der Waals surface area contributed by atoms with Crippen molar-refractivity contribution < 1.29 is 9.53 Å². The number of para-hydroxylation sites is 1. The van der Waals surface area contributed by atoms with Crippen molar-refractivity contribution in [2.45, 2.75) is 32.6 Å². The van der Waals surface area contributed by atoms with E-state index in [4.69, 9.17) is 17.0 Å². The van der Waals surface area contributed by atoms with Gasteiger partial charge in [0.05, 0.1) is 6.61 Å². The molecule has 2 N–H and O–H groups in total. The summed E-state index contributed by atoms with van der Waals surface area (Å²) in [5, 5.41) is 7.04. The van der Waals surface area contributed by atoms with Gasteiger partial charge in [-0.2, -0.15) is 0 Å². The first-order valence-electron chi connectivity index (χ1n) is 9.83. The lowest BCUT2D eigenvalue weighted by Gasteiger charge is -2.16. The maximum atomic E-state index is 11.8. The second-order valence-electron chi connectivity index (χ2n) is 6.72. The zero-order valence-electron chi connectivity index (χ0n) is 16.2. The number of nitrogens with zero attached hydrogens (tertiary/aromatic N) is 1. The van der Waals surface area contributed by atoms with Crippen molar-refractivity contribution in [3.8, 4) is 5.75 Å². The summed E-state index contributed by atoms with van der Waals surface area (Å²) in [7, 11) is 0. The monoisotopic (exact) mass is 397 g/mol. The van der Waals surface area contributed by atoms with Gasteiger partial charge in [-0.25, -0.2) is 0 Å². The lowest BCUT2D eigenvalue weighted by molar-refractivity contribution is -0.117. The van der Waals surface area contributed by atoms with Crippen molar-refractivity contribution in [2.24, 2.45) is 0 Å². The fraction of sp³-hybridized carbons (Fsp3) is 0.364.